The Kier molecular flexibility index (Phi) is 4.72. The highest BCUT2D eigenvalue weighted by Crippen LogP contribution is 2.32. The van der Waals surface area contributed by atoms with Crippen molar-refractivity contribution in [2.45, 2.75) is 31.4 Å². The largest absolute Gasteiger partial charge is 0.573 e. The number of rotatable bonds is 5. The Labute approximate surface area is 114 Å². The second-order valence-corrected chi connectivity index (χ2v) is 4.50. The predicted octanol–water partition coefficient (Wildman–Crippen LogP) is 2.47. The van der Waals surface area contributed by atoms with Crippen molar-refractivity contribution in [3.05, 3.63) is 24.3 Å². The number of ether oxygens (including phenoxy) is 3. The number of para-hydroxylation sites is 2. The van der Waals surface area contributed by atoms with Gasteiger partial charge in [-0.15, -0.1) is 13.2 Å². The zero-order valence-corrected chi connectivity index (χ0v) is 10.7. The molecule has 7 heteroatoms. The summed E-state index contributed by atoms with van der Waals surface area (Å²) in [6, 6.07) is 5.67. The van der Waals surface area contributed by atoms with Crippen LogP contribution in [0.1, 0.15) is 12.8 Å². The van der Waals surface area contributed by atoms with Crippen molar-refractivity contribution in [1.29, 1.82) is 0 Å². The highest BCUT2D eigenvalue weighted by atomic mass is 19.4. The molecule has 1 aromatic rings. The smallest absolute Gasteiger partial charge is 0.487 e. The number of hydrogen-bond donors (Lipinski definition) is 1. The fourth-order valence-electron chi connectivity index (χ4n) is 2.04. The lowest BCUT2D eigenvalue weighted by molar-refractivity contribution is -0.275. The van der Waals surface area contributed by atoms with Gasteiger partial charge < -0.3 is 19.9 Å². The predicted molar refractivity (Wildman–Crippen MR) is 65.6 cm³/mol. The molecule has 0 aliphatic carbocycles. The lowest BCUT2D eigenvalue weighted by Gasteiger charge is -2.16. The molecule has 0 saturated carbocycles. The summed E-state index contributed by atoms with van der Waals surface area (Å²) in [6.07, 6.45) is -3.27. The van der Waals surface area contributed by atoms with E-state index in [1.165, 1.54) is 18.2 Å². The topological polar surface area (TPSA) is 53.7 Å². The first-order chi connectivity index (χ1) is 9.48. The van der Waals surface area contributed by atoms with Gasteiger partial charge in [-0.1, -0.05) is 12.1 Å². The molecule has 0 aromatic heterocycles. The average Bonchev–Trinajstić information content (AvgIpc) is 2.84. The Bertz CT molecular complexity index is 439. The van der Waals surface area contributed by atoms with Gasteiger partial charge in [0.25, 0.3) is 0 Å². The van der Waals surface area contributed by atoms with E-state index in [2.05, 4.69) is 4.74 Å². The van der Waals surface area contributed by atoms with E-state index in [1.54, 1.807) is 6.07 Å². The van der Waals surface area contributed by atoms with Gasteiger partial charge in [-0.25, -0.2) is 0 Å². The van der Waals surface area contributed by atoms with Crippen molar-refractivity contribution >= 4 is 0 Å². The van der Waals surface area contributed by atoms with Gasteiger partial charge >= 0.3 is 6.36 Å². The molecule has 2 unspecified atom stereocenters. The zero-order valence-electron chi connectivity index (χ0n) is 10.7. The van der Waals surface area contributed by atoms with Crippen LogP contribution in [0.5, 0.6) is 11.5 Å². The Morgan fingerprint density at radius 2 is 1.80 bits per heavy atom. The van der Waals surface area contributed by atoms with Gasteiger partial charge in [0, 0.05) is 6.54 Å². The fourth-order valence-corrected chi connectivity index (χ4v) is 2.04. The van der Waals surface area contributed by atoms with Crippen LogP contribution in [0.2, 0.25) is 0 Å². The molecule has 2 N–H and O–H groups in total. The number of halogens is 3. The van der Waals surface area contributed by atoms with Crippen molar-refractivity contribution in [3.63, 3.8) is 0 Å². The molecule has 1 fully saturated rings. The van der Waals surface area contributed by atoms with Crippen LogP contribution < -0.4 is 15.2 Å². The molecule has 112 valence electrons. The molecule has 2 atom stereocenters. The number of benzene rings is 1. The molecule has 0 amide bonds. The van der Waals surface area contributed by atoms with Gasteiger partial charge in [-0.3, -0.25) is 0 Å². The number of alkyl halides is 3. The second-order valence-electron chi connectivity index (χ2n) is 4.50. The van der Waals surface area contributed by atoms with Gasteiger partial charge in [0.2, 0.25) is 0 Å². The average molecular weight is 291 g/mol. The third-order valence-corrected chi connectivity index (χ3v) is 2.96. The molecule has 0 spiro atoms. The first-order valence-electron chi connectivity index (χ1n) is 6.31. The lowest BCUT2D eigenvalue weighted by Crippen LogP contribution is -2.24. The van der Waals surface area contributed by atoms with E-state index in [1.807, 2.05) is 0 Å². The molecule has 1 aromatic carbocycles. The third-order valence-electron chi connectivity index (χ3n) is 2.96. The van der Waals surface area contributed by atoms with Crippen LogP contribution in [-0.4, -0.2) is 31.7 Å². The maximum atomic E-state index is 12.2. The molecule has 4 nitrogen and oxygen atoms in total. The molecule has 20 heavy (non-hydrogen) atoms. The Morgan fingerprint density at radius 1 is 1.15 bits per heavy atom. The SMILES string of the molecule is NCC1CCC(COc2ccccc2OC(F)(F)F)O1. The van der Waals surface area contributed by atoms with E-state index in [9.17, 15) is 13.2 Å². The summed E-state index contributed by atoms with van der Waals surface area (Å²) < 4.78 is 51.6. The van der Waals surface area contributed by atoms with Crippen molar-refractivity contribution < 1.29 is 27.4 Å². The maximum Gasteiger partial charge on any atom is 0.573 e. The van der Waals surface area contributed by atoms with E-state index in [0.717, 1.165) is 12.8 Å². The summed E-state index contributed by atoms with van der Waals surface area (Å²) in [6.45, 7) is 0.610. The molecular formula is C13H16F3NO3. The van der Waals surface area contributed by atoms with Crippen LogP contribution in [0.15, 0.2) is 24.3 Å². The van der Waals surface area contributed by atoms with Gasteiger partial charge in [0.15, 0.2) is 11.5 Å². The molecule has 2 rings (SSSR count). The molecule has 1 saturated heterocycles. The van der Waals surface area contributed by atoms with Crippen LogP contribution in [-0.2, 0) is 4.74 Å². The van der Waals surface area contributed by atoms with Crippen molar-refractivity contribution in [1.82, 2.24) is 0 Å². The minimum atomic E-state index is -4.74. The maximum absolute atomic E-state index is 12.2. The molecule has 0 radical (unpaired) electrons. The molecule has 1 aliphatic heterocycles. The van der Waals surface area contributed by atoms with E-state index < -0.39 is 6.36 Å². The summed E-state index contributed by atoms with van der Waals surface area (Å²) >= 11 is 0. The lowest BCUT2D eigenvalue weighted by atomic mass is 10.2. The molecular weight excluding hydrogens is 275 g/mol. The van der Waals surface area contributed by atoms with Crippen molar-refractivity contribution in [3.8, 4) is 11.5 Å². The Morgan fingerprint density at radius 3 is 2.40 bits per heavy atom. The first-order valence-corrected chi connectivity index (χ1v) is 6.31. The highest BCUT2D eigenvalue weighted by molar-refractivity contribution is 5.39. The van der Waals surface area contributed by atoms with E-state index in [4.69, 9.17) is 15.2 Å². The minimum Gasteiger partial charge on any atom is -0.487 e. The molecule has 1 aliphatic rings. The van der Waals surface area contributed by atoms with Gasteiger partial charge in [0.1, 0.15) is 6.61 Å². The summed E-state index contributed by atoms with van der Waals surface area (Å²) in [5.41, 5.74) is 5.49. The number of nitrogens with two attached hydrogens (primary N) is 1. The van der Waals surface area contributed by atoms with Crippen LogP contribution in [0.4, 0.5) is 13.2 Å². The van der Waals surface area contributed by atoms with Gasteiger partial charge in [-0.2, -0.15) is 0 Å². The summed E-state index contributed by atoms with van der Waals surface area (Å²) in [5, 5.41) is 0. The Balaban J connectivity index is 1.93. The Hall–Kier alpha value is -1.47. The minimum absolute atomic E-state index is 0.00488. The van der Waals surface area contributed by atoms with Crippen LogP contribution >= 0.6 is 0 Å². The van der Waals surface area contributed by atoms with Gasteiger partial charge in [-0.05, 0) is 25.0 Å². The van der Waals surface area contributed by atoms with Crippen LogP contribution in [0.25, 0.3) is 0 Å². The van der Waals surface area contributed by atoms with E-state index >= 15 is 0 Å². The van der Waals surface area contributed by atoms with Crippen LogP contribution in [0, 0.1) is 0 Å². The molecule has 1 heterocycles. The zero-order chi connectivity index (χ0) is 14.6. The normalized spacial score (nSPS) is 22.8. The standard InChI is InChI=1S/C13H16F3NO3/c14-13(15,16)20-12-4-2-1-3-11(12)18-8-10-6-5-9(7-17)19-10/h1-4,9-10H,5-8,17H2. The van der Waals surface area contributed by atoms with E-state index in [-0.39, 0.29) is 30.3 Å². The monoisotopic (exact) mass is 291 g/mol. The second kappa shape index (κ2) is 6.32. The van der Waals surface area contributed by atoms with Crippen molar-refractivity contribution in [2.24, 2.45) is 5.73 Å². The number of hydrogen-bond acceptors (Lipinski definition) is 4. The highest BCUT2D eigenvalue weighted by Gasteiger charge is 2.32. The molecule has 0 bridgehead atoms. The summed E-state index contributed by atoms with van der Waals surface area (Å²) in [7, 11) is 0. The summed E-state index contributed by atoms with van der Waals surface area (Å²) in [5.74, 6) is -0.307. The quantitative estimate of drug-likeness (QED) is 0.905. The van der Waals surface area contributed by atoms with Crippen LogP contribution in [0.3, 0.4) is 0 Å². The fraction of sp³-hybridized carbons (Fsp3) is 0.538. The van der Waals surface area contributed by atoms with E-state index in [0.29, 0.717) is 6.54 Å². The first kappa shape index (κ1) is 14.9. The van der Waals surface area contributed by atoms with Gasteiger partial charge in [0.05, 0.1) is 12.2 Å². The van der Waals surface area contributed by atoms with Crippen molar-refractivity contribution in [2.75, 3.05) is 13.2 Å². The summed E-state index contributed by atoms with van der Waals surface area (Å²) in [4.78, 5) is 0. The third kappa shape index (κ3) is 4.28.